The molecule has 2 amide bonds. The molecular formula is C14H15N3O2S. The number of nitrogens with zero attached hydrogens (tertiary/aromatic N) is 1. The Balaban J connectivity index is 2.05. The number of carbonyl (C=O) groups excluding carboxylic acids is 2. The van der Waals surface area contributed by atoms with Crippen molar-refractivity contribution in [2.24, 2.45) is 0 Å². The van der Waals surface area contributed by atoms with Crippen LogP contribution in [0.5, 0.6) is 0 Å². The van der Waals surface area contributed by atoms with Crippen molar-refractivity contribution in [3.05, 3.63) is 41.4 Å². The van der Waals surface area contributed by atoms with Gasteiger partial charge in [0.15, 0.2) is 5.13 Å². The number of hydrogen-bond donors (Lipinski definition) is 2. The Bertz CT molecular complexity index is 596. The van der Waals surface area contributed by atoms with Crippen LogP contribution in [0.4, 0.5) is 10.8 Å². The van der Waals surface area contributed by atoms with E-state index in [2.05, 4.69) is 15.6 Å². The highest BCUT2D eigenvalue weighted by Gasteiger charge is 2.09. The van der Waals surface area contributed by atoms with Gasteiger partial charge in [-0.05, 0) is 24.6 Å². The zero-order valence-corrected chi connectivity index (χ0v) is 11.9. The van der Waals surface area contributed by atoms with Crippen molar-refractivity contribution in [3.8, 4) is 0 Å². The Morgan fingerprint density at radius 2 is 2.15 bits per heavy atom. The van der Waals surface area contributed by atoms with Crippen molar-refractivity contribution in [3.63, 3.8) is 0 Å². The summed E-state index contributed by atoms with van der Waals surface area (Å²) in [5.41, 5.74) is 1.10. The number of thiazole rings is 1. The van der Waals surface area contributed by atoms with Crippen LogP contribution in [0.2, 0.25) is 0 Å². The topological polar surface area (TPSA) is 71.1 Å². The van der Waals surface area contributed by atoms with Gasteiger partial charge in [-0.25, -0.2) is 4.98 Å². The molecule has 2 N–H and O–H groups in total. The van der Waals surface area contributed by atoms with E-state index in [-0.39, 0.29) is 11.8 Å². The lowest BCUT2D eigenvalue weighted by Gasteiger charge is -2.06. The first-order valence-corrected chi connectivity index (χ1v) is 7.17. The molecule has 0 radical (unpaired) electrons. The Morgan fingerprint density at radius 3 is 2.85 bits per heavy atom. The number of carbonyl (C=O) groups is 2. The molecule has 0 unspecified atom stereocenters. The maximum absolute atomic E-state index is 12.0. The van der Waals surface area contributed by atoms with Crippen LogP contribution in [0.15, 0.2) is 35.8 Å². The Morgan fingerprint density at radius 1 is 1.30 bits per heavy atom. The van der Waals surface area contributed by atoms with Crippen LogP contribution in [0.1, 0.15) is 30.1 Å². The SMILES string of the molecule is CCCC(=O)Nc1cccc(C(=O)Nc2nccs2)c1. The highest BCUT2D eigenvalue weighted by Crippen LogP contribution is 2.15. The van der Waals surface area contributed by atoms with Gasteiger partial charge in [-0.3, -0.25) is 14.9 Å². The van der Waals surface area contributed by atoms with Crippen LogP contribution < -0.4 is 10.6 Å². The molecule has 1 aromatic heterocycles. The summed E-state index contributed by atoms with van der Waals surface area (Å²) in [6, 6.07) is 6.83. The van der Waals surface area contributed by atoms with Crippen molar-refractivity contribution in [2.75, 3.05) is 10.6 Å². The van der Waals surface area contributed by atoms with Crippen LogP contribution in [-0.4, -0.2) is 16.8 Å². The van der Waals surface area contributed by atoms with E-state index in [1.165, 1.54) is 11.3 Å². The maximum atomic E-state index is 12.0. The summed E-state index contributed by atoms with van der Waals surface area (Å²) in [5, 5.41) is 7.80. The zero-order chi connectivity index (χ0) is 14.4. The first kappa shape index (κ1) is 14.2. The van der Waals surface area contributed by atoms with Gasteiger partial charge in [0, 0.05) is 29.2 Å². The molecule has 5 nitrogen and oxygen atoms in total. The molecule has 2 rings (SSSR count). The minimum atomic E-state index is -0.244. The summed E-state index contributed by atoms with van der Waals surface area (Å²) in [4.78, 5) is 27.5. The van der Waals surface area contributed by atoms with Crippen LogP contribution in [0, 0.1) is 0 Å². The molecule has 20 heavy (non-hydrogen) atoms. The molecule has 1 aromatic carbocycles. The second-order valence-electron chi connectivity index (χ2n) is 4.17. The number of amides is 2. The normalized spacial score (nSPS) is 10.1. The molecule has 0 fully saturated rings. The molecule has 0 aliphatic rings. The van der Waals surface area contributed by atoms with E-state index in [4.69, 9.17) is 0 Å². The largest absolute Gasteiger partial charge is 0.326 e. The molecule has 104 valence electrons. The van der Waals surface area contributed by atoms with E-state index in [0.29, 0.717) is 22.8 Å². The van der Waals surface area contributed by atoms with Gasteiger partial charge in [-0.1, -0.05) is 13.0 Å². The van der Waals surface area contributed by atoms with Gasteiger partial charge in [0.1, 0.15) is 0 Å². The Kier molecular flexibility index (Phi) is 4.84. The number of nitrogens with one attached hydrogen (secondary N) is 2. The second kappa shape index (κ2) is 6.81. The summed E-state index contributed by atoms with van der Waals surface area (Å²) < 4.78 is 0. The van der Waals surface area contributed by atoms with E-state index in [9.17, 15) is 9.59 Å². The average molecular weight is 289 g/mol. The van der Waals surface area contributed by atoms with Crippen molar-refractivity contribution >= 4 is 34.0 Å². The predicted molar refractivity (Wildman–Crippen MR) is 80.0 cm³/mol. The first-order chi connectivity index (χ1) is 9.69. The zero-order valence-electron chi connectivity index (χ0n) is 11.1. The third kappa shape index (κ3) is 3.89. The fourth-order valence-electron chi connectivity index (χ4n) is 1.64. The van der Waals surface area contributed by atoms with E-state index in [1.807, 2.05) is 6.92 Å². The van der Waals surface area contributed by atoms with Gasteiger partial charge in [-0.2, -0.15) is 0 Å². The fraction of sp³-hybridized carbons (Fsp3) is 0.214. The molecule has 6 heteroatoms. The van der Waals surface area contributed by atoms with E-state index >= 15 is 0 Å². The van der Waals surface area contributed by atoms with Crippen molar-refractivity contribution in [1.82, 2.24) is 4.98 Å². The molecule has 0 aliphatic heterocycles. The lowest BCUT2D eigenvalue weighted by molar-refractivity contribution is -0.116. The molecule has 0 spiro atoms. The van der Waals surface area contributed by atoms with Crippen LogP contribution in [-0.2, 0) is 4.79 Å². The molecule has 0 saturated carbocycles. The average Bonchev–Trinajstić information content (AvgIpc) is 2.92. The van der Waals surface area contributed by atoms with Gasteiger partial charge >= 0.3 is 0 Å². The summed E-state index contributed by atoms with van der Waals surface area (Å²) >= 11 is 1.35. The Labute approximate surface area is 121 Å². The quantitative estimate of drug-likeness (QED) is 0.888. The lowest BCUT2D eigenvalue weighted by atomic mass is 10.2. The first-order valence-electron chi connectivity index (χ1n) is 6.30. The molecule has 0 aliphatic carbocycles. The Hall–Kier alpha value is -2.21. The highest BCUT2D eigenvalue weighted by atomic mass is 32.1. The molecule has 2 aromatic rings. The third-order valence-corrected chi connectivity index (χ3v) is 3.23. The van der Waals surface area contributed by atoms with Gasteiger partial charge in [0.25, 0.3) is 5.91 Å². The van der Waals surface area contributed by atoms with Crippen molar-refractivity contribution in [2.45, 2.75) is 19.8 Å². The molecular weight excluding hydrogens is 274 g/mol. The van der Waals surface area contributed by atoms with E-state index in [0.717, 1.165) is 6.42 Å². The molecule has 0 bridgehead atoms. The summed E-state index contributed by atoms with van der Waals surface area (Å²) in [5.74, 6) is -0.295. The number of aromatic nitrogens is 1. The molecule has 0 atom stereocenters. The van der Waals surface area contributed by atoms with Crippen LogP contribution in [0.25, 0.3) is 0 Å². The summed E-state index contributed by atoms with van der Waals surface area (Å²) in [7, 11) is 0. The minimum absolute atomic E-state index is 0.0509. The van der Waals surface area contributed by atoms with Gasteiger partial charge in [0.05, 0.1) is 0 Å². The standard InChI is InChI=1S/C14H15N3O2S/c1-2-4-12(18)16-11-6-3-5-10(9-11)13(19)17-14-15-7-8-20-14/h3,5-9H,2,4H2,1H3,(H,16,18)(H,15,17,19). The minimum Gasteiger partial charge on any atom is -0.326 e. The smallest absolute Gasteiger partial charge is 0.257 e. The van der Waals surface area contributed by atoms with E-state index in [1.54, 1.807) is 35.8 Å². The number of anilines is 2. The van der Waals surface area contributed by atoms with Gasteiger partial charge < -0.3 is 5.32 Å². The molecule has 1 heterocycles. The third-order valence-electron chi connectivity index (χ3n) is 2.54. The lowest BCUT2D eigenvalue weighted by Crippen LogP contribution is -2.14. The van der Waals surface area contributed by atoms with E-state index < -0.39 is 0 Å². The summed E-state index contributed by atoms with van der Waals surface area (Å²) in [6.07, 6.45) is 2.88. The van der Waals surface area contributed by atoms with Crippen LogP contribution in [0.3, 0.4) is 0 Å². The van der Waals surface area contributed by atoms with Crippen molar-refractivity contribution in [1.29, 1.82) is 0 Å². The monoisotopic (exact) mass is 289 g/mol. The number of hydrogen-bond acceptors (Lipinski definition) is 4. The predicted octanol–water partition coefficient (Wildman–Crippen LogP) is 3.13. The number of rotatable bonds is 5. The molecule has 0 saturated heterocycles. The van der Waals surface area contributed by atoms with Gasteiger partial charge in [0.2, 0.25) is 5.91 Å². The second-order valence-corrected chi connectivity index (χ2v) is 5.06. The van der Waals surface area contributed by atoms with Crippen molar-refractivity contribution < 1.29 is 9.59 Å². The summed E-state index contributed by atoms with van der Waals surface area (Å²) in [6.45, 7) is 1.94. The fourth-order valence-corrected chi connectivity index (χ4v) is 2.17. The maximum Gasteiger partial charge on any atom is 0.257 e. The highest BCUT2D eigenvalue weighted by molar-refractivity contribution is 7.13. The number of benzene rings is 1. The van der Waals surface area contributed by atoms with Crippen LogP contribution >= 0.6 is 11.3 Å². The van der Waals surface area contributed by atoms with Gasteiger partial charge in [-0.15, -0.1) is 11.3 Å².